The van der Waals surface area contributed by atoms with Gasteiger partial charge in [0.1, 0.15) is 11.0 Å². The number of nitrogens with zero attached hydrogens (tertiary/aromatic N) is 2. The van der Waals surface area contributed by atoms with Crippen LogP contribution >= 0.6 is 11.6 Å². The zero-order valence-corrected chi connectivity index (χ0v) is 11.3. The molecule has 0 bridgehead atoms. The van der Waals surface area contributed by atoms with Crippen molar-refractivity contribution in [2.45, 2.75) is 32.2 Å². The van der Waals surface area contributed by atoms with Crippen LogP contribution in [0.15, 0.2) is 18.2 Å². The van der Waals surface area contributed by atoms with Crippen molar-refractivity contribution in [3.63, 3.8) is 0 Å². The summed E-state index contributed by atoms with van der Waals surface area (Å²) < 4.78 is 0. The number of likely N-dealkylation sites (tertiary alicyclic amines) is 1. The quantitative estimate of drug-likeness (QED) is 0.856. The summed E-state index contributed by atoms with van der Waals surface area (Å²) in [4.78, 5) is 17.7. The summed E-state index contributed by atoms with van der Waals surface area (Å²) in [7, 11) is 0. The van der Waals surface area contributed by atoms with Crippen LogP contribution in [0.2, 0.25) is 5.15 Å². The lowest BCUT2D eigenvalue weighted by molar-refractivity contribution is -0.132. The van der Waals surface area contributed by atoms with Crippen molar-refractivity contribution in [3.8, 4) is 0 Å². The third-order valence-corrected chi connectivity index (χ3v) is 3.48. The highest BCUT2D eigenvalue weighted by Crippen LogP contribution is 2.18. The highest BCUT2D eigenvalue weighted by atomic mass is 35.5. The minimum Gasteiger partial charge on any atom is -0.368 e. The molecule has 1 amide bonds. The van der Waals surface area contributed by atoms with Crippen LogP contribution in [0, 0.1) is 0 Å². The number of anilines is 1. The maximum atomic E-state index is 11.5. The molecule has 1 aromatic heterocycles. The smallest absolute Gasteiger partial charge is 0.219 e. The minimum absolute atomic E-state index is 0.153. The Labute approximate surface area is 112 Å². The third kappa shape index (κ3) is 3.35. The molecule has 18 heavy (non-hydrogen) atoms. The van der Waals surface area contributed by atoms with Crippen molar-refractivity contribution in [2.75, 3.05) is 18.4 Å². The van der Waals surface area contributed by atoms with Crippen molar-refractivity contribution in [1.82, 2.24) is 9.88 Å². The second-order valence-electron chi connectivity index (χ2n) is 4.59. The number of nitrogens with one attached hydrogen (secondary N) is 1. The molecule has 2 rings (SSSR count). The Hall–Kier alpha value is -1.29. The molecule has 5 heteroatoms. The van der Waals surface area contributed by atoms with E-state index >= 15 is 0 Å². The number of pyridine rings is 1. The highest BCUT2D eigenvalue weighted by Gasteiger charge is 2.23. The summed E-state index contributed by atoms with van der Waals surface area (Å²) in [5.41, 5.74) is 0. The lowest BCUT2D eigenvalue weighted by Crippen LogP contribution is -2.46. The van der Waals surface area contributed by atoms with Crippen LogP contribution in [0.5, 0.6) is 0 Å². The molecule has 1 fully saturated rings. The molecule has 1 aromatic rings. The highest BCUT2D eigenvalue weighted by molar-refractivity contribution is 6.29. The largest absolute Gasteiger partial charge is 0.368 e. The fourth-order valence-electron chi connectivity index (χ4n) is 2.36. The molecule has 0 aromatic carbocycles. The first-order valence-corrected chi connectivity index (χ1v) is 6.68. The molecular weight excluding hydrogens is 250 g/mol. The molecule has 0 saturated carbocycles. The predicted molar refractivity (Wildman–Crippen MR) is 72.8 cm³/mol. The molecule has 4 nitrogen and oxygen atoms in total. The fraction of sp³-hybridized carbons (Fsp3) is 0.538. The Balaban J connectivity index is 1.93. The standard InChI is InChI=1S/C13H18ClN3O/c1-10(18)17-8-3-2-5-11(17)9-15-13-7-4-6-12(14)16-13/h4,6-7,11H,2-3,5,8-9H2,1H3,(H,15,16). The minimum atomic E-state index is 0.153. The summed E-state index contributed by atoms with van der Waals surface area (Å²) in [6.45, 7) is 3.23. The molecule has 0 radical (unpaired) electrons. The number of hydrogen-bond acceptors (Lipinski definition) is 3. The Morgan fingerprint density at radius 3 is 3.11 bits per heavy atom. The SMILES string of the molecule is CC(=O)N1CCCCC1CNc1cccc(Cl)n1. The second-order valence-corrected chi connectivity index (χ2v) is 4.98. The first kappa shape index (κ1) is 13.1. The maximum absolute atomic E-state index is 11.5. The molecule has 1 aliphatic rings. The Morgan fingerprint density at radius 1 is 1.56 bits per heavy atom. The van der Waals surface area contributed by atoms with Crippen molar-refractivity contribution in [1.29, 1.82) is 0 Å². The van der Waals surface area contributed by atoms with Crippen LogP contribution < -0.4 is 5.32 Å². The van der Waals surface area contributed by atoms with Gasteiger partial charge in [0.05, 0.1) is 0 Å². The van der Waals surface area contributed by atoms with Crippen molar-refractivity contribution < 1.29 is 4.79 Å². The van der Waals surface area contributed by atoms with E-state index in [1.165, 1.54) is 6.42 Å². The van der Waals surface area contributed by atoms with Crippen LogP contribution in [0.25, 0.3) is 0 Å². The van der Waals surface area contributed by atoms with E-state index in [1.54, 1.807) is 13.0 Å². The molecule has 0 spiro atoms. The average Bonchev–Trinajstić information content (AvgIpc) is 2.37. The van der Waals surface area contributed by atoms with Gasteiger partial charge in [0.15, 0.2) is 0 Å². The van der Waals surface area contributed by atoms with E-state index in [4.69, 9.17) is 11.6 Å². The molecule has 2 heterocycles. The molecule has 1 atom stereocenters. The van der Waals surface area contributed by atoms with Crippen molar-refractivity contribution in [3.05, 3.63) is 23.4 Å². The van der Waals surface area contributed by atoms with E-state index in [2.05, 4.69) is 10.3 Å². The van der Waals surface area contributed by atoms with Crippen molar-refractivity contribution >= 4 is 23.3 Å². The molecule has 98 valence electrons. The molecule has 1 unspecified atom stereocenters. The molecular formula is C13H18ClN3O. The predicted octanol–water partition coefficient (Wildman–Crippen LogP) is 2.55. The van der Waals surface area contributed by atoms with Gasteiger partial charge in [0, 0.05) is 26.1 Å². The monoisotopic (exact) mass is 267 g/mol. The van der Waals surface area contributed by atoms with Gasteiger partial charge >= 0.3 is 0 Å². The Kier molecular flexibility index (Phi) is 4.42. The van der Waals surface area contributed by atoms with E-state index in [9.17, 15) is 4.79 Å². The average molecular weight is 268 g/mol. The van der Waals surface area contributed by atoms with Crippen molar-refractivity contribution in [2.24, 2.45) is 0 Å². The van der Waals surface area contributed by atoms with E-state index in [1.807, 2.05) is 17.0 Å². The van der Waals surface area contributed by atoms with Gasteiger partial charge in [0.2, 0.25) is 5.91 Å². The van der Waals surface area contributed by atoms with E-state index in [-0.39, 0.29) is 11.9 Å². The van der Waals surface area contributed by atoms with E-state index in [0.29, 0.717) is 5.15 Å². The zero-order chi connectivity index (χ0) is 13.0. The van der Waals surface area contributed by atoms with E-state index in [0.717, 1.165) is 31.7 Å². The summed E-state index contributed by atoms with van der Waals surface area (Å²) >= 11 is 5.83. The number of carbonyl (C=O) groups excluding carboxylic acids is 1. The molecule has 1 N–H and O–H groups in total. The Bertz CT molecular complexity index is 424. The number of piperidine rings is 1. The molecule has 1 saturated heterocycles. The van der Waals surface area contributed by atoms with Crippen LogP contribution in [0.4, 0.5) is 5.82 Å². The van der Waals surface area contributed by atoms with Gasteiger partial charge in [-0.15, -0.1) is 0 Å². The Morgan fingerprint density at radius 2 is 2.39 bits per heavy atom. The first-order valence-electron chi connectivity index (χ1n) is 6.30. The lowest BCUT2D eigenvalue weighted by Gasteiger charge is -2.35. The van der Waals surface area contributed by atoms with Crippen LogP contribution in [0.1, 0.15) is 26.2 Å². The van der Waals surface area contributed by atoms with Gasteiger partial charge < -0.3 is 10.2 Å². The topological polar surface area (TPSA) is 45.2 Å². The number of amides is 1. The summed E-state index contributed by atoms with van der Waals surface area (Å²) in [6.07, 6.45) is 3.33. The normalized spacial score (nSPS) is 19.7. The summed E-state index contributed by atoms with van der Waals surface area (Å²) in [6, 6.07) is 5.75. The van der Waals surface area contributed by atoms with Gasteiger partial charge in [-0.3, -0.25) is 4.79 Å². The van der Waals surface area contributed by atoms with Crippen LogP contribution in [-0.2, 0) is 4.79 Å². The zero-order valence-electron chi connectivity index (χ0n) is 10.5. The number of rotatable bonds is 3. The lowest BCUT2D eigenvalue weighted by atomic mass is 10.0. The van der Waals surface area contributed by atoms with Gasteiger partial charge in [-0.05, 0) is 31.4 Å². The first-order chi connectivity index (χ1) is 8.66. The number of carbonyl (C=O) groups is 1. The third-order valence-electron chi connectivity index (χ3n) is 3.27. The number of aromatic nitrogens is 1. The number of halogens is 1. The van der Waals surface area contributed by atoms with Gasteiger partial charge in [-0.2, -0.15) is 0 Å². The fourth-order valence-corrected chi connectivity index (χ4v) is 2.52. The van der Waals surface area contributed by atoms with Crippen LogP contribution in [-0.4, -0.2) is 34.9 Å². The maximum Gasteiger partial charge on any atom is 0.219 e. The second kappa shape index (κ2) is 6.05. The van der Waals surface area contributed by atoms with Crippen LogP contribution in [0.3, 0.4) is 0 Å². The van der Waals surface area contributed by atoms with Gasteiger partial charge in [0.25, 0.3) is 0 Å². The number of hydrogen-bond donors (Lipinski definition) is 1. The van der Waals surface area contributed by atoms with Gasteiger partial charge in [-0.25, -0.2) is 4.98 Å². The molecule has 0 aliphatic carbocycles. The molecule has 1 aliphatic heterocycles. The van der Waals surface area contributed by atoms with Gasteiger partial charge in [-0.1, -0.05) is 17.7 Å². The summed E-state index contributed by atoms with van der Waals surface area (Å²) in [5, 5.41) is 3.73. The summed E-state index contributed by atoms with van der Waals surface area (Å²) in [5.74, 6) is 0.914. The van der Waals surface area contributed by atoms with E-state index < -0.39 is 0 Å².